The minimum Gasteiger partial charge on any atom is -0.282 e. The lowest BCUT2D eigenvalue weighted by molar-refractivity contribution is 0.482. The molecule has 21 heavy (non-hydrogen) atoms. The molecular formula is C11H7NO7S2. The number of carbonyl (C=O) groups excluding carboxylic acids is 1. The molecule has 0 aliphatic rings. The Balaban J connectivity index is 2.98. The number of fused-ring (bicyclic) bond motifs is 1. The van der Waals surface area contributed by atoms with Crippen molar-refractivity contribution in [1.82, 2.24) is 0 Å². The first-order valence-electron chi connectivity index (χ1n) is 5.23. The summed E-state index contributed by atoms with van der Waals surface area (Å²) in [4.78, 5) is 12.1. The normalized spacial score (nSPS) is 12.1. The van der Waals surface area contributed by atoms with Gasteiger partial charge in [0.15, 0.2) is 0 Å². The summed E-state index contributed by atoms with van der Waals surface area (Å²) < 4.78 is 63.2. The van der Waals surface area contributed by atoms with Gasteiger partial charge in [-0.25, -0.2) is 4.79 Å². The van der Waals surface area contributed by atoms with E-state index in [1.165, 1.54) is 24.3 Å². The van der Waals surface area contributed by atoms with Crippen molar-refractivity contribution in [2.24, 2.45) is 4.99 Å². The maximum absolute atomic E-state index is 11.3. The summed E-state index contributed by atoms with van der Waals surface area (Å²) in [5, 5.41) is 0.0593. The van der Waals surface area contributed by atoms with Gasteiger partial charge in [0, 0.05) is 5.39 Å². The lowest BCUT2D eigenvalue weighted by Crippen LogP contribution is -2.04. The van der Waals surface area contributed by atoms with Gasteiger partial charge in [-0.15, -0.1) is 0 Å². The molecule has 2 aromatic carbocycles. The Morgan fingerprint density at radius 1 is 0.952 bits per heavy atom. The van der Waals surface area contributed by atoms with Gasteiger partial charge in [-0.3, -0.25) is 9.11 Å². The Labute approximate surface area is 119 Å². The Kier molecular flexibility index (Phi) is 3.66. The van der Waals surface area contributed by atoms with Crippen molar-refractivity contribution >= 4 is 42.8 Å². The molecule has 110 valence electrons. The van der Waals surface area contributed by atoms with Gasteiger partial charge in [-0.1, -0.05) is 6.07 Å². The Bertz CT molecular complexity index is 987. The molecule has 0 heterocycles. The van der Waals surface area contributed by atoms with E-state index < -0.39 is 30.0 Å². The van der Waals surface area contributed by atoms with Crippen molar-refractivity contribution in [2.45, 2.75) is 9.79 Å². The van der Waals surface area contributed by atoms with E-state index in [1.807, 2.05) is 0 Å². The van der Waals surface area contributed by atoms with E-state index >= 15 is 0 Å². The van der Waals surface area contributed by atoms with Crippen molar-refractivity contribution in [3.05, 3.63) is 30.3 Å². The molecule has 0 aliphatic heterocycles. The van der Waals surface area contributed by atoms with Crippen LogP contribution in [0.15, 0.2) is 45.1 Å². The highest BCUT2D eigenvalue weighted by atomic mass is 32.2. The number of nitrogens with zero attached hydrogens (tertiary/aromatic N) is 1. The van der Waals surface area contributed by atoms with Gasteiger partial charge in [0.2, 0.25) is 6.08 Å². The molecule has 0 unspecified atom stereocenters. The second kappa shape index (κ2) is 5.02. The molecule has 0 fully saturated rings. The van der Waals surface area contributed by atoms with E-state index in [4.69, 9.17) is 9.11 Å². The topological polar surface area (TPSA) is 138 Å². The maximum Gasteiger partial charge on any atom is 0.295 e. The van der Waals surface area contributed by atoms with Crippen LogP contribution in [0.25, 0.3) is 10.8 Å². The van der Waals surface area contributed by atoms with Gasteiger partial charge >= 0.3 is 0 Å². The fourth-order valence-electron chi connectivity index (χ4n) is 1.78. The van der Waals surface area contributed by atoms with E-state index in [-0.39, 0.29) is 16.5 Å². The van der Waals surface area contributed by atoms with E-state index in [0.717, 1.165) is 6.07 Å². The van der Waals surface area contributed by atoms with E-state index in [1.54, 1.807) is 0 Å². The van der Waals surface area contributed by atoms with Crippen LogP contribution in [0.4, 0.5) is 5.69 Å². The van der Waals surface area contributed by atoms with Gasteiger partial charge < -0.3 is 0 Å². The summed E-state index contributed by atoms with van der Waals surface area (Å²) in [6.45, 7) is 0. The summed E-state index contributed by atoms with van der Waals surface area (Å²) in [7, 11) is -9.41. The third-order valence-electron chi connectivity index (χ3n) is 2.62. The van der Waals surface area contributed by atoms with Crippen molar-refractivity contribution in [3.63, 3.8) is 0 Å². The van der Waals surface area contributed by atoms with Crippen LogP contribution in [-0.2, 0) is 25.0 Å². The molecule has 0 saturated carbocycles. The van der Waals surface area contributed by atoms with Crippen LogP contribution in [0.3, 0.4) is 0 Å². The van der Waals surface area contributed by atoms with Crippen molar-refractivity contribution in [2.75, 3.05) is 0 Å². The van der Waals surface area contributed by atoms with Gasteiger partial charge in [0.1, 0.15) is 4.90 Å². The zero-order chi connectivity index (χ0) is 15.8. The highest BCUT2D eigenvalue weighted by molar-refractivity contribution is 7.86. The predicted molar refractivity (Wildman–Crippen MR) is 71.4 cm³/mol. The molecule has 8 nitrogen and oxygen atoms in total. The number of isocyanates is 1. The average molecular weight is 329 g/mol. The molecule has 0 spiro atoms. The van der Waals surface area contributed by atoms with Crippen LogP contribution < -0.4 is 0 Å². The van der Waals surface area contributed by atoms with Crippen molar-refractivity contribution in [1.29, 1.82) is 0 Å². The molecule has 0 saturated heterocycles. The van der Waals surface area contributed by atoms with Gasteiger partial charge in [-0.2, -0.15) is 21.8 Å². The molecule has 0 aromatic heterocycles. The number of benzene rings is 2. The lowest BCUT2D eigenvalue weighted by Gasteiger charge is -2.07. The largest absolute Gasteiger partial charge is 0.295 e. The van der Waals surface area contributed by atoms with Crippen LogP contribution in [0.5, 0.6) is 0 Å². The molecule has 0 aliphatic carbocycles. The minimum absolute atomic E-state index is 0.00903. The summed E-state index contributed by atoms with van der Waals surface area (Å²) in [6.07, 6.45) is 1.28. The molecule has 2 rings (SSSR count). The van der Waals surface area contributed by atoms with Crippen LogP contribution in [0.1, 0.15) is 0 Å². The summed E-state index contributed by atoms with van der Waals surface area (Å²) in [5.74, 6) is 0. The SMILES string of the molecule is O=C=Nc1ccc2c(S(=O)(=O)O)cc(S(=O)(=O)O)cc2c1. The zero-order valence-corrected chi connectivity index (χ0v) is 11.7. The molecule has 0 radical (unpaired) electrons. The van der Waals surface area contributed by atoms with Crippen LogP contribution in [0.2, 0.25) is 0 Å². The fraction of sp³-hybridized carbons (Fsp3) is 0. The Morgan fingerprint density at radius 3 is 2.14 bits per heavy atom. The van der Waals surface area contributed by atoms with E-state index in [9.17, 15) is 21.6 Å². The van der Waals surface area contributed by atoms with Crippen LogP contribution >= 0.6 is 0 Å². The van der Waals surface area contributed by atoms with Gasteiger partial charge in [0.05, 0.1) is 10.6 Å². The van der Waals surface area contributed by atoms with Crippen LogP contribution in [-0.4, -0.2) is 32.0 Å². The monoisotopic (exact) mass is 329 g/mol. The molecule has 0 atom stereocenters. The number of rotatable bonds is 3. The molecule has 10 heteroatoms. The first-order chi connectivity index (χ1) is 9.63. The highest BCUT2D eigenvalue weighted by Gasteiger charge is 2.20. The molecule has 2 aromatic rings. The van der Waals surface area contributed by atoms with E-state index in [2.05, 4.69) is 4.99 Å². The summed E-state index contributed by atoms with van der Waals surface area (Å²) >= 11 is 0. The summed E-state index contributed by atoms with van der Waals surface area (Å²) in [5.41, 5.74) is 0.103. The number of hydrogen-bond donors (Lipinski definition) is 2. The smallest absolute Gasteiger partial charge is 0.282 e. The van der Waals surface area contributed by atoms with Gasteiger partial charge in [0.25, 0.3) is 20.2 Å². The third kappa shape index (κ3) is 3.15. The average Bonchev–Trinajstić information content (AvgIpc) is 2.35. The molecule has 0 amide bonds. The fourth-order valence-corrected chi connectivity index (χ4v) is 3.14. The predicted octanol–water partition coefficient (Wildman–Crippen LogP) is 1.30. The second-order valence-electron chi connectivity index (χ2n) is 3.98. The number of aliphatic imine (C=N–C) groups is 1. The third-order valence-corrected chi connectivity index (χ3v) is 4.35. The van der Waals surface area contributed by atoms with Crippen molar-refractivity contribution < 1.29 is 30.7 Å². The Morgan fingerprint density at radius 2 is 1.62 bits per heavy atom. The van der Waals surface area contributed by atoms with Crippen molar-refractivity contribution in [3.8, 4) is 0 Å². The van der Waals surface area contributed by atoms with E-state index in [0.29, 0.717) is 6.07 Å². The summed E-state index contributed by atoms with van der Waals surface area (Å²) in [6, 6.07) is 5.36. The first kappa shape index (κ1) is 15.3. The standard InChI is InChI=1S/C11H7NO7S2/c13-6-12-8-1-2-10-7(3-8)4-9(20(14,15)16)5-11(10)21(17,18)19/h1-5H,(H,14,15,16)(H,17,18,19). The quantitative estimate of drug-likeness (QED) is 0.491. The second-order valence-corrected chi connectivity index (χ2v) is 6.79. The maximum atomic E-state index is 11.3. The zero-order valence-electron chi connectivity index (χ0n) is 10.1. The molecule has 2 N–H and O–H groups in total. The molecule has 0 bridgehead atoms. The first-order valence-corrected chi connectivity index (χ1v) is 8.11. The molecular weight excluding hydrogens is 322 g/mol. The van der Waals surface area contributed by atoms with Crippen LogP contribution in [0, 0.1) is 0 Å². The number of hydrogen-bond acceptors (Lipinski definition) is 6. The van der Waals surface area contributed by atoms with Gasteiger partial charge in [-0.05, 0) is 29.7 Å². The lowest BCUT2D eigenvalue weighted by atomic mass is 10.1. The minimum atomic E-state index is -4.72. The highest BCUT2D eigenvalue weighted by Crippen LogP contribution is 2.30. The Hall–Kier alpha value is -2.10.